The molecule has 0 aromatic heterocycles. The van der Waals surface area contributed by atoms with Crippen molar-refractivity contribution in [3.63, 3.8) is 0 Å². The molecule has 182 valence electrons. The zero-order valence-electron chi connectivity index (χ0n) is 20.2. The predicted octanol–water partition coefficient (Wildman–Crippen LogP) is 4.92. The Morgan fingerprint density at radius 1 is 1.09 bits per heavy atom. The molecule has 1 fully saturated rings. The second-order valence-electron chi connectivity index (χ2n) is 8.47. The molecule has 2 N–H and O–H groups in total. The summed E-state index contributed by atoms with van der Waals surface area (Å²) in [7, 11) is 0. The highest BCUT2D eigenvalue weighted by atomic mass is 32.1. The van der Waals surface area contributed by atoms with Gasteiger partial charge in [0.1, 0.15) is 0 Å². The number of benzene rings is 2. The van der Waals surface area contributed by atoms with E-state index >= 15 is 0 Å². The third kappa shape index (κ3) is 7.73. The van der Waals surface area contributed by atoms with E-state index in [0.717, 1.165) is 37.2 Å². The van der Waals surface area contributed by atoms with E-state index in [2.05, 4.69) is 41.8 Å². The van der Waals surface area contributed by atoms with Crippen LogP contribution in [-0.2, 0) is 4.79 Å². The summed E-state index contributed by atoms with van der Waals surface area (Å²) in [5.74, 6) is 1.61. The van der Waals surface area contributed by atoms with Crippen LogP contribution in [-0.4, -0.2) is 48.4 Å². The van der Waals surface area contributed by atoms with Gasteiger partial charge in [-0.05, 0) is 85.8 Å². The second-order valence-corrected chi connectivity index (χ2v) is 8.88. The van der Waals surface area contributed by atoms with Crippen LogP contribution in [0.1, 0.15) is 57.1 Å². The average Bonchev–Trinajstić information content (AvgIpc) is 2.84. The molecule has 2 aromatic rings. The lowest BCUT2D eigenvalue weighted by atomic mass is 10.0. The number of ether oxygens (including phenoxy) is 2. The summed E-state index contributed by atoms with van der Waals surface area (Å²) in [5, 5.41) is 7.73. The highest BCUT2D eigenvalue weighted by Crippen LogP contribution is 2.28. The van der Waals surface area contributed by atoms with Crippen molar-refractivity contribution in [2.24, 2.45) is 5.10 Å². The van der Waals surface area contributed by atoms with Gasteiger partial charge in [-0.25, -0.2) is 0 Å². The summed E-state index contributed by atoms with van der Waals surface area (Å²) in [4.78, 5) is 14.3. The van der Waals surface area contributed by atoms with E-state index < -0.39 is 0 Å². The van der Waals surface area contributed by atoms with Crippen molar-refractivity contribution in [3.05, 3.63) is 53.6 Å². The molecule has 1 aliphatic heterocycles. The van der Waals surface area contributed by atoms with E-state index in [-0.39, 0.29) is 12.5 Å². The molecule has 0 unspecified atom stereocenters. The first-order valence-corrected chi connectivity index (χ1v) is 12.2. The molecule has 1 amide bonds. The molecule has 0 bridgehead atoms. The molecule has 2 aromatic carbocycles. The van der Waals surface area contributed by atoms with Crippen LogP contribution in [0.25, 0.3) is 0 Å². The third-order valence-corrected chi connectivity index (χ3v) is 5.74. The predicted molar refractivity (Wildman–Crippen MR) is 141 cm³/mol. The second kappa shape index (κ2) is 12.9. The molecule has 1 heterocycles. The van der Waals surface area contributed by atoms with Gasteiger partial charge in [0.25, 0.3) is 5.91 Å². The van der Waals surface area contributed by atoms with Crippen molar-refractivity contribution in [1.82, 2.24) is 10.3 Å². The van der Waals surface area contributed by atoms with E-state index in [1.807, 2.05) is 36.1 Å². The van der Waals surface area contributed by atoms with Gasteiger partial charge in [-0.2, -0.15) is 5.10 Å². The Kier molecular flexibility index (Phi) is 9.70. The number of nitrogens with zero attached hydrogens (tertiary/aromatic N) is 2. The van der Waals surface area contributed by atoms with Crippen molar-refractivity contribution in [2.45, 2.75) is 46.0 Å². The minimum Gasteiger partial charge on any atom is -0.490 e. The van der Waals surface area contributed by atoms with E-state index in [0.29, 0.717) is 29.1 Å². The van der Waals surface area contributed by atoms with Gasteiger partial charge >= 0.3 is 0 Å². The van der Waals surface area contributed by atoms with Gasteiger partial charge in [-0.3, -0.25) is 10.2 Å². The molecule has 8 heteroatoms. The Morgan fingerprint density at radius 3 is 2.50 bits per heavy atom. The number of amides is 1. The number of hydrazone groups is 1. The number of rotatable bonds is 9. The number of piperidine rings is 1. The van der Waals surface area contributed by atoms with Crippen molar-refractivity contribution >= 4 is 35.1 Å². The number of nitrogens with one attached hydrogen (secondary N) is 2. The van der Waals surface area contributed by atoms with Crippen molar-refractivity contribution in [1.29, 1.82) is 0 Å². The number of likely N-dealkylation sites (tertiary alicyclic amines) is 1. The molecule has 0 saturated carbocycles. The lowest BCUT2D eigenvalue weighted by molar-refractivity contribution is -0.134. The van der Waals surface area contributed by atoms with Gasteiger partial charge in [0, 0.05) is 18.8 Å². The summed E-state index contributed by atoms with van der Waals surface area (Å²) in [6, 6.07) is 13.6. The maximum Gasteiger partial charge on any atom is 0.260 e. The first kappa shape index (κ1) is 25.5. The van der Waals surface area contributed by atoms with Gasteiger partial charge in [-0.15, -0.1) is 0 Å². The van der Waals surface area contributed by atoms with Crippen LogP contribution in [0.3, 0.4) is 0 Å². The quantitative estimate of drug-likeness (QED) is 0.300. The third-order valence-electron chi connectivity index (χ3n) is 5.54. The maximum absolute atomic E-state index is 12.4. The zero-order valence-corrected chi connectivity index (χ0v) is 21.0. The molecule has 0 aliphatic carbocycles. The van der Waals surface area contributed by atoms with Crippen LogP contribution in [0.2, 0.25) is 0 Å². The smallest absolute Gasteiger partial charge is 0.260 e. The largest absolute Gasteiger partial charge is 0.490 e. The van der Waals surface area contributed by atoms with Crippen LogP contribution >= 0.6 is 12.2 Å². The molecular formula is C26H34N4O3S. The van der Waals surface area contributed by atoms with Crippen LogP contribution in [0, 0.1) is 0 Å². The summed E-state index contributed by atoms with van der Waals surface area (Å²) < 4.78 is 11.5. The van der Waals surface area contributed by atoms with E-state index in [1.54, 1.807) is 12.3 Å². The molecule has 0 atom stereocenters. The minimum absolute atomic E-state index is 0.00710. The van der Waals surface area contributed by atoms with Crippen molar-refractivity contribution in [2.75, 3.05) is 31.6 Å². The average molecular weight is 483 g/mol. The minimum atomic E-state index is 0.00710. The molecule has 34 heavy (non-hydrogen) atoms. The Hall–Kier alpha value is -3.13. The van der Waals surface area contributed by atoms with Crippen LogP contribution in [0.4, 0.5) is 5.69 Å². The number of anilines is 1. The van der Waals surface area contributed by atoms with Gasteiger partial charge < -0.3 is 19.7 Å². The van der Waals surface area contributed by atoms with Gasteiger partial charge in [-0.1, -0.05) is 26.0 Å². The fraction of sp³-hybridized carbons (Fsp3) is 0.423. The van der Waals surface area contributed by atoms with E-state index in [4.69, 9.17) is 21.7 Å². The fourth-order valence-corrected chi connectivity index (χ4v) is 3.81. The van der Waals surface area contributed by atoms with Crippen molar-refractivity contribution < 1.29 is 14.3 Å². The molecule has 1 saturated heterocycles. The normalized spacial score (nSPS) is 13.7. The van der Waals surface area contributed by atoms with Crippen molar-refractivity contribution in [3.8, 4) is 11.5 Å². The Morgan fingerprint density at radius 2 is 1.82 bits per heavy atom. The number of hydrogen-bond donors (Lipinski definition) is 2. The zero-order chi connectivity index (χ0) is 24.3. The number of carbonyl (C=O) groups is 1. The van der Waals surface area contributed by atoms with Gasteiger partial charge in [0.05, 0.1) is 12.8 Å². The highest BCUT2D eigenvalue weighted by Gasteiger charge is 2.17. The van der Waals surface area contributed by atoms with E-state index in [9.17, 15) is 4.79 Å². The lowest BCUT2D eigenvalue weighted by Crippen LogP contribution is -2.38. The van der Waals surface area contributed by atoms with Gasteiger partial charge in [0.15, 0.2) is 23.2 Å². The molecule has 7 nitrogen and oxygen atoms in total. The summed E-state index contributed by atoms with van der Waals surface area (Å²) >= 11 is 5.32. The standard InChI is InChI=1S/C26H34N4O3S/c1-4-32-24-16-20(8-13-23(24)33-18-25(31)30-14-6-5-7-15-30)17-27-29-26(34)28-22-11-9-21(10-12-22)19(2)3/h8-13,16-17,19H,4-7,14-15,18H2,1-3H3,(H2,28,29,34)/b27-17-. The summed E-state index contributed by atoms with van der Waals surface area (Å²) in [6.07, 6.45) is 4.95. The molecule has 1 aliphatic rings. The molecule has 0 radical (unpaired) electrons. The van der Waals surface area contributed by atoms with E-state index in [1.165, 1.54) is 12.0 Å². The van der Waals surface area contributed by atoms with Crippen LogP contribution < -0.4 is 20.2 Å². The Labute approximate surface area is 207 Å². The molecule has 3 rings (SSSR count). The first-order valence-electron chi connectivity index (χ1n) is 11.8. The summed E-state index contributed by atoms with van der Waals surface area (Å²) in [5.41, 5.74) is 5.81. The van der Waals surface area contributed by atoms with Crippen LogP contribution in [0.15, 0.2) is 47.6 Å². The number of hydrogen-bond acceptors (Lipinski definition) is 5. The first-order chi connectivity index (χ1) is 16.5. The molecule has 0 spiro atoms. The Balaban J connectivity index is 1.53. The monoisotopic (exact) mass is 482 g/mol. The maximum atomic E-state index is 12.4. The topological polar surface area (TPSA) is 75.2 Å². The summed E-state index contributed by atoms with van der Waals surface area (Å²) in [6.45, 7) is 8.34. The number of thiocarbonyl (C=S) groups is 1. The Bertz CT molecular complexity index is 986. The SMILES string of the molecule is CCOc1cc(/C=N\NC(=S)Nc2ccc(C(C)C)cc2)ccc1OCC(=O)N1CCCCC1. The highest BCUT2D eigenvalue weighted by molar-refractivity contribution is 7.80. The van der Waals surface area contributed by atoms with Crippen LogP contribution in [0.5, 0.6) is 11.5 Å². The van der Waals surface area contributed by atoms with Gasteiger partial charge in [0.2, 0.25) is 0 Å². The fourth-order valence-electron chi connectivity index (χ4n) is 3.64. The lowest BCUT2D eigenvalue weighted by Gasteiger charge is -2.26. The molecular weight excluding hydrogens is 448 g/mol. The number of carbonyl (C=O) groups excluding carboxylic acids is 1.